The fraction of sp³-hybridized carbons (Fsp3) is 0.310. The molecule has 1 aliphatic heterocycles. The molecule has 1 aliphatic carbocycles. The molecule has 0 radical (unpaired) electrons. The molecule has 0 amide bonds. The summed E-state index contributed by atoms with van der Waals surface area (Å²) in [7, 11) is 0. The highest BCUT2D eigenvalue weighted by atomic mass is 16.5. The van der Waals surface area contributed by atoms with Gasteiger partial charge in [0.1, 0.15) is 5.57 Å². The predicted octanol–water partition coefficient (Wildman–Crippen LogP) is 3.85. The van der Waals surface area contributed by atoms with E-state index >= 15 is 0 Å². The fourth-order valence-electron chi connectivity index (χ4n) is 5.13. The first-order valence-corrected chi connectivity index (χ1v) is 12.3. The molecular formula is C29H29NO7. The molecule has 0 fully saturated rings. The van der Waals surface area contributed by atoms with Crippen LogP contribution in [-0.4, -0.2) is 48.4 Å². The summed E-state index contributed by atoms with van der Waals surface area (Å²) in [6, 6.07) is 16.0. The third kappa shape index (κ3) is 4.02. The number of Topliss-reactive ketones (excluding diaryl/α,β-unsaturated/α-hetero) is 1. The van der Waals surface area contributed by atoms with E-state index < -0.39 is 29.2 Å². The Hall–Kier alpha value is -4.20. The minimum Gasteiger partial charge on any atom is -0.464 e. The van der Waals surface area contributed by atoms with E-state index in [0.717, 1.165) is 5.56 Å². The Kier molecular flexibility index (Phi) is 7.29. The van der Waals surface area contributed by atoms with Crippen LogP contribution < -0.4 is 0 Å². The number of carbonyl (C=O) groups is 4. The highest BCUT2D eigenvalue weighted by molar-refractivity contribution is 6.29. The Morgan fingerprint density at radius 1 is 0.784 bits per heavy atom. The second-order valence-corrected chi connectivity index (χ2v) is 8.53. The summed E-state index contributed by atoms with van der Waals surface area (Å²) in [5.41, 5.74) is -0.499. The number of esters is 3. The minimum atomic E-state index is -1.79. The van der Waals surface area contributed by atoms with E-state index in [-0.39, 0.29) is 48.6 Å². The summed E-state index contributed by atoms with van der Waals surface area (Å²) in [6.07, 6.45) is 0. The number of carbonyl (C=O) groups excluding carboxylic acids is 4. The van der Waals surface area contributed by atoms with Crippen molar-refractivity contribution in [3.05, 3.63) is 93.7 Å². The van der Waals surface area contributed by atoms with E-state index in [4.69, 9.17) is 14.2 Å². The minimum absolute atomic E-state index is 0.00210. The highest BCUT2D eigenvalue weighted by Crippen LogP contribution is 2.55. The van der Waals surface area contributed by atoms with Crippen molar-refractivity contribution in [3.63, 3.8) is 0 Å². The summed E-state index contributed by atoms with van der Waals surface area (Å²) in [5.74, 6) is -2.99. The van der Waals surface area contributed by atoms with Crippen LogP contribution in [0.25, 0.3) is 0 Å². The molecule has 0 saturated carbocycles. The summed E-state index contributed by atoms with van der Waals surface area (Å²) in [6.45, 7) is 6.93. The SMILES string of the molecule is CCOC(=O)C1=C(C)N(Cc2ccccc2)C2(C(=O)OCC)C1=C(C(=O)OCC)C(=O)c1ccccc12. The van der Waals surface area contributed by atoms with Crippen molar-refractivity contribution < 1.29 is 33.4 Å². The highest BCUT2D eigenvalue weighted by Gasteiger charge is 2.63. The Balaban J connectivity index is 2.15. The molecule has 2 aliphatic rings. The van der Waals surface area contributed by atoms with E-state index in [0.29, 0.717) is 11.3 Å². The zero-order chi connectivity index (χ0) is 26.7. The standard InChI is InChI=1S/C29H29NO7/c1-5-35-26(32)22-18(4)30(17-19-13-9-8-10-14-19)29(28(34)37-7-3)21-16-12-11-15-20(21)25(31)23(24(22)29)27(33)36-6-2/h8-16H,5-7,17H2,1-4H3. The van der Waals surface area contributed by atoms with Crippen molar-refractivity contribution in [2.45, 2.75) is 39.8 Å². The van der Waals surface area contributed by atoms with Gasteiger partial charge in [0.2, 0.25) is 5.78 Å². The zero-order valence-electron chi connectivity index (χ0n) is 21.3. The van der Waals surface area contributed by atoms with Gasteiger partial charge in [0, 0.05) is 28.9 Å². The van der Waals surface area contributed by atoms with Gasteiger partial charge in [0.15, 0.2) is 5.54 Å². The van der Waals surface area contributed by atoms with Crippen LogP contribution in [0.4, 0.5) is 0 Å². The van der Waals surface area contributed by atoms with Gasteiger partial charge in [-0.3, -0.25) is 4.79 Å². The van der Waals surface area contributed by atoms with Crippen LogP contribution in [-0.2, 0) is 40.7 Å². The molecule has 0 spiro atoms. The lowest BCUT2D eigenvalue weighted by atomic mass is 9.70. The van der Waals surface area contributed by atoms with Crippen molar-refractivity contribution in [1.29, 1.82) is 0 Å². The van der Waals surface area contributed by atoms with E-state index in [1.165, 1.54) is 0 Å². The maximum atomic E-state index is 14.1. The zero-order valence-corrected chi connectivity index (χ0v) is 21.3. The Labute approximate surface area is 215 Å². The molecule has 1 heterocycles. The largest absolute Gasteiger partial charge is 0.464 e. The molecular weight excluding hydrogens is 474 g/mol. The smallest absolute Gasteiger partial charge is 0.342 e. The van der Waals surface area contributed by atoms with E-state index in [9.17, 15) is 19.2 Å². The average Bonchev–Trinajstić information content (AvgIpc) is 3.14. The van der Waals surface area contributed by atoms with Gasteiger partial charge in [0.05, 0.1) is 25.4 Å². The van der Waals surface area contributed by atoms with Crippen LogP contribution in [0.15, 0.2) is 77.0 Å². The van der Waals surface area contributed by atoms with Gasteiger partial charge in [0.25, 0.3) is 0 Å². The first-order valence-electron chi connectivity index (χ1n) is 12.3. The quantitative estimate of drug-likeness (QED) is 0.304. The molecule has 1 unspecified atom stereocenters. The van der Waals surface area contributed by atoms with Crippen LogP contribution >= 0.6 is 0 Å². The monoisotopic (exact) mass is 503 g/mol. The number of hydrogen-bond donors (Lipinski definition) is 0. The summed E-state index contributed by atoms with van der Waals surface area (Å²) in [5, 5.41) is 0. The first kappa shape index (κ1) is 25.9. The van der Waals surface area contributed by atoms with Crippen LogP contribution in [0.5, 0.6) is 0 Å². The van der Waals surface area contributed by atoms with Crippen LogP contribution in [0, 0.1) is 0 Å². The third-order valence-electron chi connectivity index (χ3n) is 6.54. The molecule has 2 aromatic rings. The molecule has 0 N–H and O–H groups in total. The van der Waals surface area contributed by atoms with Crippen LogP contribution in [0.1, 0.15) is 49.2 Å². The number of benzene rings is 2. The van der Waals surface area contributed by atoms with Crippen LogP contribution in [0.2, 0.25) is 0 Å². The Morgan fingerprint density at radius 2 is 1.35 bits per heavy atom. The lowest BCUT2D eigenvalue weighted by Gasteiger charge is -2.43. The number of fused-ring (bicyclic) bond motifs is 3. The molecule has 4 rings (SSSR count). The first-order chi connectivity index (χ1) is 17.8. The van der Waals surface area contributed by atoms with Gasteiger partial charge >= 0.3 is 17.9 Å². The molecule has 0 bridgehead atoms. The summed E-state index contributed by atoms with van der Waals surface area (Å²) < 4.78 is 16.3. The third-order valence-corrected chi connectivity index (χ3v) is 6.54. The number of nitrogens with zero attached hydrogens (tertiary/aromatic N) is 1. The maximum absolute atomic E-state index is 14.1. The van der Waals surface area contributed by atoms with Gasteiger partial charge in [-0.25, -0.2) is 14.4 Å². The topological polar surface area (TPSA) is 99.2 Å². The van der Waals surface area contributed by atoms with Crippen LogP contribution in [0.3, 0.4) is 0 Å². The van der Waals surface area contributed by atoms with Gasteiger partial charge < -0.3 is 19.1 Å². The number of ether oxygens (including phenoxy) is 3. The van der Waals surface area contributed by atoms with Crippen molar-refractivity contribution in [1.82, 2.24) is 4.90 Å². The van der Waals surface area contributed by atoms with E-state index in [2.05, 4.69) is 0 Å². The predicted molar refractivity (Wildman–Crippen MR) is 134 cm³/mol. The molecule has 37 heavy (non-hydrogen) atoms. The van der Waals surface area contributed by atoms with Crippen molar-refractivity contribution in [2.24, 2.45) is 0 Å². The van der Waals surface area contributed by atoms with Gasteiger partial charge in [-0.2, -0.15) is 0 Å². The molecule has 1 atom stereocenters. The number of hydrogen-bond acceptors (Lipinski definition) is 8. The van der Waals surface area contributed by atoms with E-state index in [1.54, 1.807) is 56.9 Å². The lowest BCUT2D eigenvalue weighted by Crippen LogP contribution is -2.53. The molecule has 0 aromatic heterocycles. The average molecular weight is 504 g/mol. The van der Waals surface area contributed by atoms with Crippen molar-refractivity contribution in [3.8, 4) is 0 Å². The summed E-state index contributed by atoms with van der Waals surface area (Å²) in [4.78, 5) is 56.4. The maximum Gasteiger partial charge on any atom is 0.342 e. The Morgan fingerprint density at radius 3 is 1.97 bits per heavy atom. The molecule has 192 valence electrons. The number of rotatable bonds is 8. The summed E-state index contributed by atoms with van der Waals surface area (Å²) >= 11 is 0. The van der Waals surface area contributed by atoms with Crippen molar-refractivity contribution in [2.75, 3.05) is 19.8 Å². The number of allylic oxidation sites excluding steroid dienone is 1. The second-order valence-electron chi connectivity index (χ2n) is 8.53. The lowest BCUT2D eigenvalue weighted by molar-refractivity contribution is -0.154. The second kappa shape index (κ2) is 10.4. The molecule has 8 heteroatoms. The molecule has 2 aromatic carbocycles. The molecule has 8 nitrogen and oxygen atoms in total. The van der Waals surface area contributed by atoms with E-state index in [1.807, 2.05) is 30.3 Å². The van der Waals surface area contributed by atoms with Gasteiger partial charge in [-0.05, 0) is 33.3 Å². The van der Waals surface area contributed by atoms with Crippen molar-refractivity contribution >= 4 is 23.7 Å². The molecule has 0 saturated heterocycles. The Bertz CT molecular complexity index is 1320. The normalized spacial score (nSPS) is 18.4. The van der Waals surface area contributed by atoms with Gasteiger partial charge in [-0.1, -0.05) is 54.6 Å². The fourth-order valence-corrected chi connectivity index (χ4v) is 5.13. The van der Waals surface area contributed by atoms with Gasteiger partial charge in [-0.15, -0.1) is 0 Å². The number of ketones is 1.